The highest BCUT2D eigenvalue weighted by atomic mass is 32.2. The fourth-order valence-electron chi connectivity index (χ4n) is 0.856. The number of carbonyl (C=O) groups is 1. The Balaban J connectivity index is 2.90. The van der Waals surface area contributed by atoms with Crippen molar-refractivity contribution in [2.45, 2.75) is 39.4 Å². The molecule has 1 aliphatic rings. The fourth-order valence-corrected chi connectivity index (χ4v) is 1.91. The van der Waals surface area contributed by atoms with Gasteiger partial charge in [-0.2, -0.15) is 0 Å². The number of nitrogens with zero attached hydrogens (tertiary/aromatic N) is 1. The molecule has 0 unspecified atom stereocenters. The lowest BCUT2D eigenvalue weighted by Gasteiger charge is -2.19. The Hall–Kier alpha value is -0.310. The molecule has 1 rings (SSSR count). The Bertz CT molecular complexity index is 248. The summed E-state index contributed by atoms with van der Waals surface area (Å²) in [7, 11) is 0. The minimum absolute atomic E-state index is 0.00238. The van der Waals surface area contributed by atoms with E-state index < -0.39 is 0 Å². The SMILES string of the molecule is CC(C)(C)C1=NC(=O)C(C)(C)S1. The van der Waals surface area contributed by atoms with Crippen molar-refractivity contribution in [3.8, 4) is 0 Å². The molecule has 0 aromatic carbocycles. The van der Waals surface area contributed by atoms with Crippen molar-refractivity contribution in [3.05, 3.63) is 0 Å². The molecule has 12 heavy (non-hydrogen) atoms. The monoisotopic (exact) mass is 185 g/mol. The molecule has 2 nitrogen and oxygen atoms in total. The highest BCUT2D eigenvalue weighted by molar-refractivity contribution is 8.16. The van der Waals surface area contributed by atoms with E-state index in [0.29, 0.717) is 0 Å². The van der Waals surface area contributed by atoms with Crippen LogP contribution < -0.4 is 0 Å². The Morgan fingerprint density at radius 3 is 2.00 bits per heavy atom. The number of thioether (sulfide) groups is 1. The number of carbonyl (C=O) groups excluding carboxylic acids is 1. The predicted octanol–water partition coefficient (Wildman–Crippen LogP) is 2.48. The van der Waals surface area contributed by atoms with E-state index >= 15 is 0 Å². The molecular weight excluding hydrogens is 170 g/mol. The van der Waals surface area contributed by atoms with Crippen molar-refractivity contribution >= 4 is 22.7 Å². The smallest absolute Gasteiger partial charge is 0.262 e. The lowest BCUT2D eigenvalue weighted by molar-refractivity contribution is -0.119. The van der Waals surface area contributed by atoms with Gasteiger partial charge >= 0.3 is 0 Å². The third-order valence-corrected chi connectivity index (χ3v) is 3.29. The molecule has 3 heteroatoms. The number of amides is 1. The Labute approximate surface area is 77.8 Å². The largest absolute Gasteiger partial charge is 0.271 e. The molecule has 0 radical (unpaired) electrons. The molecule has 0 aromatic rings. The number of hydrogen-bond donors (Lipinski definition) is 0. The number of rotatable bonds is 0. The second kappa shape index (κ2) is 2.59. The van der Waals surface area contributed by atoms with Crippen LogP contribution in [-0.4, -0.2) is 15.7 Å². The van der Waals surface area contributed by atoms with E-state index in [2.05, 4.69) is 25.8 Å². The maximum Gasteiger partial charge on any atom is 0.262 e. The summed E-state index contributed by atoms with van der Waals surface area (Å²) in [6, 6.07) is 0. The molecule has 0 N–H and O–H groups in total. The first-order valence-electron chi connectivity index (χ1n) is 4.06. The highest BCUT2D eigenvalue weighted by Gasteiger charge is 2.39. The zero-order valence-corrected chi connectivity index (χ0v) is 9.08. The zero-order chi connectivity index (χ0) is 9.57. The summed E-state index contributed by atoms with van der Waals surface area (Å²) in [5, 5.41) is 0.956. The van der Waals surface area contributed by atoms with Crippen LogP contribution in [0.4, 0.5) is 0 Å². The topological polar surface area (TPSA) is 29.4 Å². The summed E-state index contributed by atoms with van der Waals surface area (Å²) in [5.74, 6) is -0.00238. The minimum Gasteiger partial charge on any atom is -0.271 e. The first-order valence-corrected chi connectivity index (χ1v) is 4.88. The molecule has 0 atom stereocenters. The van der Waals surface area contributed by atoms with Gasteiger partial charge in [0, 0.05) is 5.41 Å². The fraction of sp³-hybridized carbons (Fsp3) is 0.778. The summed E-state index contributed by atoms with van der Waals surface area (Å²) >= 11 is 1.58. The lowest BCUT2D eigenvalue weighted by atomic mass is 9.99. The van der Waals surface area contributed by atoms with Crippen molar-refractivity contribution in [1.29, 1.82) is 0 Å². The zero-order valence-electron chi connectivity index (χ0n) is 8.26. The second-order valence-corrected chi connectivity index (χ2v) is 6.20. The Kier molecular flexibility index (Phi) is 2.11. The molecule has 0 saturated carbocycles. The standard InChI is InChI=1S/C9H15NOS/c1-8(2,3)7-10-6(11)9(4,5)12-7/h1-5H3. The van der Waals surface area contributed by atoms with Crippen LogP contribution in [0.2, 0.25) is 0 Å². The molecule has 1 heterocycles. The van der Waals surface area contributed by atoms with Gasteiger partial charge in [-0.25, -0.2) is 4.99 Å². The van der Waals surface area contributed by atoms with Gasteiger partial charge in [0.15, 0.2) is 0 Å². The summed E-state index contributed by atoms with van der Waals surface area (Å²) < 4.78 is -0.345. The van der Waals surface area contributed by atoms with Gasteiger partial charge in [0.1, 0.15) is 0 Å². The van der Waals surface area contributed by atoms with Gasteiger partial charge in [0.05, 0.1) is 9.79 Å². The van der Waals surface area contributed by atoms with Crippen LogP contribution in [0.25, 0.3) is 0 Å². The molecule has 0 spiro atoms. The number of aliphatic imine (C=N–C) groups is 1. The van der Waals surface area contributed by atoms with Gasteiger partial charge in [-0.15, -0.1) is 0 Å². The van der Waals surface area contributed by atoms with Crippen molar-refractivity contribution < 1.29 is 4.79 Å². The summed E-state index contributed by atoms with van der Waals surface area (Å²) in [6.45, 7) is 10.1. The molecule has 0 fully saturated rings. The van der Waals surface area contributed by atoms with E-state index in [1.807, 2.05) is 13.8 Å². The first kappa shape index (κ1) is 9.78. The molecule has 0 aromatic heterocycles. The third kappa shape index (κ3) is 1.71. The normalized spacial score (nSPS) is 22.8. The van der Waals surface area contributed by atoms with Crippen LogP contribution in [0, 0.1) is 5.41 Å². The van der Waals surface area contributed by atoms with Crippen LogP contribution in [0.5, 0.6) is 0 Å². The van der Waals surface area contributed by atoms with Crippen molar-refractivity contribution in [3.63, 3.8) is 0 Å². The van der Waals surface area contributed by atoms with E-state index in [1.54, 1.807) is 11.8 Å². The maximum atomic E-state index is 11.3. The van der Waals surface area contributed by atoms with Gasteiger partial charge < -0.3 is 0 Å². The number of hydrogen-bond acceptors (Lipinski definition) is 2. The third-order valence-electron chi connectivity index (χ3n) is 1.71. The van der Waals surface area contributed by atoms with Gasteiger partial charge in [-0.05, 0) is 13.8 Å². The summed E-state index contributed by atoms with van der Waals surface area (Å²) in [5.41, 5.74) is 0.00803. The van der Waals surface area contributed by atoms with Crippen LogP contribution in [0.15, 0.2) is 4.99 Å². The maximum absolute atomic E-state index is 11.3. The molecular formula is C9H15NOS. The van der Waals surface area contributed by atoms with Crippen LogP contribution >= 0.6 is 11.8 Å². The van der Waals surface area contributed by atoms with Crippen molar-refractivity contribution in [1.82, 2.24) is 0 Å². The average molecular weight is 185 g/mol. The van der Waals surface area contributed by atoms with E-state index in [9.17, 15) is 4.79 Å². The predicted molar refractivity (Wildman–Crippen MR) is 53.6 cm³/mol. The van der Waals surface area contributed by atoms with Crippen molar-refractivity contribution in [2.75, 3.05) is 0 Å². The summed E-state index contributed by atoms with van der Waals surface area (Å²) in [4.78, 5) is 15.4. The highest BCUT2D eigenvalue weighted by Crippen LogP contribution is 2.39. The molecule has 0 aliphatic carbocycles. The van der Waals surface area contributed by atoms with Crippen LogP contribution in [0.3, 0.4) is 0 Å². The first-order chi connectivity index (χ1) is 5.23. The summed E-state index contributed by atoms with van der Waals surface area (Å²) in [6.07, 6.45) is 0. The van der Waals surface area contributed by atoms with Gasteiger partial charge in [0.25, 0.3) is 5.91 Å². The van der Waals surface area contributed by atoms with Gasteiger partial charge in [-0.1, -0.05) is 32.5 Å². The van der Waals surface area contributed by atoms with Gasteiger partial charge in [-0.3, -0.25) is 4.79 Å². The van der Waals surface area contributed by atoms with E-state index in [-0.39, 0.29) is 16.1 Å². The van der Waals surface area contributed by atoms with E-state index in [4.69, 9.17) is 0 Å². The Morgan fingerprint density at radius 1 is 1.33 bits per heavy atom. The van der Waals surface area contributed by atoms with E-state index in [0.717, 1.165) is 5.04 Å². The van der Waals surface area contributed by atoms with Gasteiger partial charge in [0.2, 0.25) is 0 Å². The quantitative estimate of drug-likeness (QED) is 0.580. The minimum atomic E-state index is -0.345. The van der Waals surface area contributed by atoms with E-state index in [1.165, 1.54) is 0 Å². The molecule has 0 bridgehead atoms. The van der Waals surface area contributed by atoms with Crippen LogP contribution in [0.1, 0.15) is 34.6 Å². The van der Waals surface area contributed by atoms with Crippen molar-refractivity contribution in [2.24, 2.45) is 10.4 Å². The average Bonchev–Trinajstić information content (AvgIpc) is 2.06. The molecule has 0 saturated heterocycles. The Morgan fingerprint density at radius 2 is 1.83 bits per heavy atom. The molecule has 1 aliphatic heterocycles. The molecule has 68 valence electrons. The molecule has 1 amide bonds. The lowest BCUT2D eigenvalue weighted by Crippen LogP contribution is -2.22. The second-order valence-electron chi connectivity index (χ2n) is 4.58. The van der Waals surface area contributed by atoms with Crippen LogP contribution in [-0.2, 0) is 4.79 Å².